The Kier molecular flexibility index (Phi) is 2.18. The van der Waals surface area contributed by atoms with Gasteiger partial charge in [0.1, 0.15) is 6.67 Å². The van der Waals surface area contributed by atoms with Crippen molar-refractivity contribution in [1.29, 1.82) is 0 Å². The lowest BCUT2D eigenvalue weighted by molar-refractivity contribution is 1.13. The van der Waals surface area contributed by atoms with Crippen LogP contribution in [0.2, 0.25) is 0 Å². The molecule has 1 aliphatic heterocycles. The van der Waals surface area contributed by atoms with Crippen LogP contribution in [0.15, 0.2) is 53.5 Å². The average molecular weight is 208 g/mol. The van der Waals surface area contributed by atoms with E-state index in [2.05, 4.69) is 52.8 Å². The monoisotopic (exact) mass is 208 g/mol. The van der Waals surface area contributed by atoms with Crippen molar-refractivity contribution < 1.29 is 0 Å². The molecule has 3 rings (SSSR count). The molecule has 0 bridgehead atoms. The minimum absolute atomic E-state index is 0.678. The molecule has 0 aromatic heterocycles. The molecule has 1 N–H and O–H groups in total. The zero-order chi connectivity index (χ0) is 10.8. The number of fused-ring (bicyclic) bond motifs is 1. The molecule has 1 aliphatic rings. The van der Waals surface area contributed by atoms with Crippen LogP contribution in [0.5, 0.6) is 0 Å². The van der Waals surface area contributed by atoms with E-state index in [1.54, 1.807) is 0 Å². The van der Waals surface area contributed by atoms with Gasteiger partial charge in [-0.3, -0.25) is 4.99 Å². The molecule has 0 aliphatic carbocycles. The largest absolute Gasteiger partial charge is 0.366 e. The van der Waals surface area contributed by atoms with Gasteiger partial charge >= 0.3 is 0 Å². The van der Waals surface area contributed by atoms with E-state index in [4.69, 9.17) is 0 Å². The highest BCUT2D eigenvalue weighted by Crippen LogP contribution is 2.25. The van der Waals surface area contributed by atoms with Crippen LogP contribution < -0.4 is 5.32 Å². The van der Waals surface area contributed by atoms with Gasteiger partial charge in [-0.2, -0.15) is 0 Å². The number of nitrogens with one attached hydrogen (secondary N) is 1. The Labute approximate surface area is 94.7 Å². The second-order valence-corrected chi connectivity index (χ2v) is 3.81. The number of nitrogens with zero attached hydrogens (tertiary/aromatic N) is 1. The molecule has 0 atom stereocenters. The van der Waals surface area contributed by atoms with E-state index in [9.17, 15) is 0 Å². The number of benzene rings is 2. The maximum atomic E-state index is 4.22. The van der Waals surface area contributed by atoms with Gasteiger partial charge in [-0.15, -0.1) is 0 Å². The Morgan fingerprint density at radius 1 is 0.938 bits per heavy atom. The van der Waals surface area contributed by atoms with E-state index in [0.29, 0.717) is 6.67 Å². The molecular weight excluding hydrogens is 196 g/mol. The van der Waals surface area contributed by atoms with Gasteiger partial charge in [0.05, 0.1) is 0 Å². The third-order valence-corrected chi connectivity index (χ3v) is 2.75. The molecule has 0 radical (unpaired) electrons. The molecule has 2 nitrogen and oxygen atoms in total. The predicted octanol–water partition coefficient (Wildman–Crippen LogP) is 3.16. The number of hydrogen-bond donors (Lipinski definition) is 1. The van der Waals surface area contributed by atoms with Gasteiger partial charge in [0.15, 0.2) is 0 Å². The van der Waals surface area contributed by atoms with E-state index in [1.807, 2.05) is 12.3 Å². The maximum Gasteiger partial charge on any atom is 0.107 e. The van der Waals surface area contributed by atoms with Crippen LogP contribution in [0.25, 0.3) is 11.1 Å². The summed E-state index contributed by atoms with van der Waals surface area (Å²) >= 11 is 0. The summed E-state index contributed by atoms with van der Waals surface area (Å²) in [7, 11) is 0. The molecule has 0 fully saturated rings. The first-order chi connectivity index (χ1) is 7.93. The first-order valence-electron chi connectivity index (χ1n) is 5.37. The summed E-state index contributed by atoms with van der Waals surface area (Å²) < 4.78 is 0. The van der Waals surface area contributed by atoms with Crippen LogP contribution in [0.4, 0.5) is 5.69 Å². The Hall–Kier alpha value is -2.09. The van der Waals surface area contributed by atoms with Gasteiger partial charge in [0.2, 0.25) is 0 Å². The number of aliphatic imine (C=N–C) groups is 1. The van der Waals surface area contributed by atoms with Crippen LogP contribution in [-0.4, -0.2) is 12.9 Å². The van der Waals surface area contributed by atoms with Crippen molar-refractivity contribution in [2.45, 2.75) is 0 Å². The summed E-state index contributed by atoms with van der Waals surface area (Å²) in [5.41, 5.74) is 4.79. The van der Waals surface area contributed by atoms with Crippen molar-refractivity contribution in [3.05, 3.63) is 54.1 Å². The van der Waals surface area contributed by atoms with Crippen molar-refractivity contribution in [3.63, 3.8) is 0 Å². The number of rotatable bonds is 1. The highest BCUT2D eigenvalue weighted by atomic mass is 15.0. The van der Waals surface area contributed by atoms with Crippen LogP contribution in [-0.2, 0) is 0 Å². The highest BCUT2D eigenvalue weighted by molar-refractivity contribution is 5.91. The molecule has 0 saturated carbocycles. The van der Waals surface area contributed by atoms with Crippen LogP contribution in [0, 0.1) is 0 Å². The zero-order valence-corrected chi connectivity index (χ0v) is 8.85. The fraction of sp³-hybridized carbons (Fsp3) is 0.0714. The molecule has 0 saturated heterocycles. The molecule has 2 aromatic carbocycles. The first-order valence-corrected chi connectivity index (χ1v) is 5.37. The number of anilines is 1. The lowest BCUT2D eigenvalue weighted by Gasteiger charge is -2.13. The van der Waals surface area contributed by atoms with Crippen molar-refractivity contribution >= 4 is 11.9 Å². The van der Waals surface area contributed by atoms with E-state index in [1.165, 1.54) is 11.1 Å². The second-order valence-electron chi connectivity index (χ2n) is 3.81. The minimum atomic E-state index is 0.678. The van der Waals surface area contributed by atoms with Crippen LogP contribution in [0.1, 0.15) is 5.56 Å². The molecule has 2 aromatic rings. The Morgan fingerprint density at radius 3 is 2.69 bits per heavy atom. The normalized spacial score (nSPS) is 13.0. The summed E-state index contributed by atoms with van der Waals surface area (Å²) in [5.74, 6) is 0. The van der Waals surface area contributed by atoms with Gasteiger partial charge in [0, 0.05) is 17.5 Å². The molecule has 2 heteroatoms. The quantitative estimate of drug-likeness (QED) is 0.764. The zero-order valence-electron chi connectivity index (χ0n) is 8.85. The first kappa shape index (κ1) is 9.16. The fourth-order valence-corrected chi connectivity index (χ4v) is 1.92. The standard InChI is InChI=1S/C14H12N2/c1-2-4-11(5-3-1)12-6-7-14-13(8-12)9-15-10-16-14/h1-9,16H,10H2. The van der Waals surface area contributed by atoms with Crippen LogP contribution in [0.3, 0.4) is 0 Å². The lowest BCUT2D eigenvalue weighted by atomic mass is 10.0. The Morgan fingerprint density at radius 2 is 1.81 bits per heavy atom. The van der Waals surface area contributed by atoms with Gasteiger partial charge < -0.3 is 5.32 Å². The van der Waals surface area contributed by atoms with Crippen molar-refractivity contribution in [3.8, 4) is 11.1 Å². The summed E-state index contributed by atoms with van der Waals surface area (Å²) in [6, 6.07) is 16.8. The lowest BCUT2D eigenvalue weighted by Crippen LogP contribution is -2.07. The molecule has 0 unspecified atom stereocenters. The SMILES string of the molecule is C1=NCNc2ccc(-c3ccccc3)cc21. The summed E-state index contributed by atoms with van der Waals surface area (Å²) in [6.07, 6.45) is 1.93. The van der Waals surface area contributed by atoms with Crippen molar-refractivity contribution in [2.75, 3.05) is 12.0 Å². The van der Waals surface area contributed by atoms with Crippen LogP contribution >= 0.6 is 0 Å². The third-order valence-electron chi connectivity index (χ3n) is 2.75. The minimum Gasteiger partial charge on any atom is -0.366 e. The van der Waals surface area contributed by atoms with Gasteiger partial charge in [-0.05, 0) is 23.3 Å². The third kappa shape index (κ3) is 1.58. The van der Waals surface area contributed by atoms with E-state index < -0.39 is 0 Å². The Bertz CT molecular complexity index is 530. The van der Waals surface area contributed by atoms with E-state index >= 15 is 0 Å². The molecule has 16 heavy (non-hydrogen) atoms. The maximum absolute atomic E-state index is 4.22. The molecular formula is C14H12N2. The smallest absolute Gasteiger partial charge is 0.107 e. The fourth-order valence-electron chi connectivity index (χ4n) is 1.92. The topological polar surface area (TPSA) is 24.4 Å². The van der Waals surface area contributed by atoms with Crippen molar-refractivity contribution in [2.24, 2.45) is 4.99 Å². The molecule has 0 spiro atoms. The van der Waals surface area contributed by atoms with Crippen molar-refractivity contribution in [1.82, 2.24) is 0 Å². The van der Waals surface area contributed by atoms with Gasteiger partial charge in [0.25, 0.3) is 0 Å². The van der Waals surface area contributed by atoms with E-state index in [-0.39, 0.29) is 0 Å². The molecule has 0 amide bonds. The summed E-state index contributed by atoms with van der Waals surface area (Å²) in [6.45, 7) is 0.678. The summed E-state index contributed by atoms with van der Waals surface area (Å²) in [4.78, 5) is 4.22. The van der Waals surface area contributed by atoms with Gasteiger partial charge in [-0.1, -0.05) is 36.4 Å². The highest BCUT2D eigenvalue weighted by Gasteiger charge is 2.05. The second kappa shape index (κ2) is 3.81. The Balaban J connectivity index is 2.08. The molecule has 78 valence electrons. The molecule has 1 heterocycles. The number of hydrogen-bond acceptors (Lipinski definition) is 2. The predicted molar refractivity (Wildman–Crippen MR) is 68.0 cm³/mol. The van der Waals surface area contributed by atoms with Gasteiger partial charge in [-0.25, -0.2) is 0 Å². The average Bonchev–Trinajstić information content (AvgIpc) is 2.39. The summed E-state index contributed by atoms with van der Waals surface area (Å²) in [5, 5.41) is 3.24. The van der Waals surface area contributed by atoms with E-state index in [0.717, 1.165) is 11.3 Å².